The van der Waals surface area contributed by atoms with E-state index in [1.165, 1.54) is 383 Å². The van der Waals surface area contributed by atoms with Crippen molar-refractivity contribution in [3.05, 3.63) is 379 Å². The summed E-state index contributed by atoms with van der Waals surface area (Å²) in [6, 6.07) is 88.6. The molecule has 8 aliphatic carbocycles. The second-order valence-corrected chi connectivity index (χ2v) is 48.0. The lowest BCUT2D eigenvalue weighted by Crippen LogP contribution is -2.25. The van der Waals surface area contributed by atoms with Crippen molar-refractivity contribution in [2.24, 2.45) is 71.0 Å². The van der Waals surface area contributed by atoms with Crippen LogP contribution < -0.4 is 0 Å². The van der Waals surface area contributed by atoms with Gasteiger partial charge in [-0.3, -0.25) is 0 Å². The maximum atomic E-state index is 3.97. The van der Waals surface area contributed by atoms with Gasteiger partial charge in [0.25, 0.3) is 0 Å². The predicted octanol–water partition coefficient (Wildman–Crippen LogP) is 42.2. The fraction of sp³-hybridized carbons (Fsp3) is 0.520. The molecule has 0 aliphatic heterocycles. The fourth-order valence-electron chi connectivity index (χ4n) is 26.5. The van der Waals surface area contributed by atoms with Gasteiger partial charge >= 0.3 is 0 Å². The standard InChI is InChI=1S/C30H40.C26H32.2C25H30.C23H34.C21H30/c1-3-5-6-8-26-11-15-28(16-12-26)18-20-30-23-21-29(22-24-30)19-17-27-13-9-25(7-4-2)10-14-27;1-3-4-22-9-11-24(12-10-22)15-16-26-19-17-25(18-20-26)14-13-23-7-5-21(2)6-8-23;1-3-4-5-21-12-16-24(17-13-21)25-18-14-23(15-19-25)11-10-22-8-6-20(2)7-9-22;1-3-5-21-12-16-24(17-13-21)25-18-14-23(15-19-25)11-10-22-8-6-20(4-2)7-9-22;1-3-4-5-19-8-12-21(13-9-19)23-16-14-22(15-17-23)20-10-6-18(2)7-11-20;1-3-17-6-10-19(11-7-17)21-14-12-20(13-15-21)18-8-4-16(2)5-9-18/h11-12,15-16,21-25,27H,3-10,13-14,17,19H2,1-2H3;5-8,17-20,22,24H,3-4,9-12,15-16H2,1-2H3;2*6-9,14-15,18-19,21,24H,3-5,12-13,16-17H2,1-2H3;3,6-7,10-11,19,21-23H,1,4-5,8-9,12-17H2,2H3;3-5,8-9,17,19-21H,1,6-7,10-15H2,2H3. The first-order valence-corrected chi connectivity index (χ1v) is 61.7. The van der Waals surface area contributed by atoms with E-state index in [4.69, 9.17) is 0 Å². The Bertz CT molecular complexity index is 5650. The van der Waals surface area contributed by atoms with Crippen molar-refractivity contribution in [1.29, 1.82) is 0 Å². The van der Waals surface area contributed by atoms with Gasteiger partial charge in [0.15, 0.2) is 0 Å². The molecule has 150 heavy (non-hydrogen) atoms. The van der Waals surface area contributed by atoms with Gasteiger partial charge in [-0.25, -0.2) is 0 Å². The highest BCUT2D eigenvalue weighted by Gasteiger charge is 2.34. The van der Waals surface area contributed by atoms with Gasteiger partial charge in [0.1, 0.15) is 0 Å². The quantitative estimate of drug-likeness (QED) is 0.0239. The van der Waals surface area contributed by atoms with Crippen molar-refractivity contribution in [3.8, 4) is 47.4 Å². The van der Waals surface area contributed by atoms with Crippen LogP contribution in [-0.4, -0.2) is 0 Å². The second kappa shape index (κ2) is 66.1. The molecule has 0 unspecified atom stereocenters. The Morgan fingerprint density at radius 2 is 0.427 bits per heavy atom. The summed E-state index contributed by atoms with van der Waals surface area (Å²) in [6.45, 7) is 30.1. The van der Waals surface area contributed by atoms with Crippen molar-refractivity contribution in [2.45, 2.75) is 427 Å². The average molecular weight is 2000 g/mol. The monoisotopic (exact) mass is 2000 g/mol. The minimum Gasteiger partial charge on any atom is -0.103 e. The first-order chi connectivity index (χ1) is 73.5. The number of aryl methyl sites for hydroxylation is 8. The lowest BCUT2D eigenvalue weighted by molar-refractivity contribution is 0.157. The molecule has 0 radical (unpaired) electrons. The maximum Gasteiger partial charge on any atom is 0.0249 e. The normalized spacial score (nSPS) is 23.3. The molecule has 796 valence electrons. The Morgan fingerprint density at radius 3 is 0.707 bits per heavy atom. The summed E-state index contributed by atoms with van der Waals surface area (Å²) in [7, 11) is 0. The Morgan fingerprint density at radius 1 is 0.207 bits per heavy atom. The zero-order valence-electron chi connectivity index (χ0n) is 95.7. The average Bonchev–Trinajstić information content (AvgIpc) is 0.840. The van der Waals surface area contributed by atoms with E-state index in [0.717, 1.165) is 146 Å². The van der Waals surface area contributed by atoms with E-state index < -0.39 is 0 Å². The molecule has 0 spiro atoms. The molecule has 18 rings (SSSR count). The molecule has 0 heterocycles. The Labute approximate surface area is 917 Å². The van der Waals surface area contributed by atoms with Crippen LogP contribution in [0.3, 0.4) is 0 Å². The van der Waals surface area contributed by atoms with E-state index >= 15 is 0 Å². The fourth-order valence-corrected chi connectivity index (χ4v) is 26.5. The molecule has 0 aromatic heterocycles. The highest BCUT2D eigenvalue weighted by molar-refractivity contribution is 5.49. The highest BCUT2D eigenvalue weighted by Crippen LogP contribution is 2.48. The lowest BCUT2D eigenvalue weighted by Gasteiger charge is -2.38. The summed E-state index contributed by atoms with van der Waals surface area (Å²) >= 11 is 0. The minimum absolute atomic E-state index is 0.761. The topological polar surface area (TPSA) is 0 Å². The molecule has 0 atom stereocenters. The summed E-state index contributed by atoms with van der Waals surface area (Å²) in [6.07, 6.45) is 76.7. The van der Waals surface area contributed by atoms with Crippen LogP contribution in [0.4, 0.5) is 0 Å². The number of benzene rings is 10. The lowest BCUT2D eigenvalue weighted by atomic mass is 9.68. The molecular weight excluding hydrogens is 1800 g/mol. The van der Waals surface area contributed by atoms with Crippen LogP contribution >= 0.6 is 0 Å². The van der Waals surface area contributed by atoms with Gasteiger partial charge < -0.3 is 0 Å². The zero-order chi connectivity index (χ0) is 105. The summed E-state index contributed by atoms with van der Waals surface area (Å²) in [5, 5.41) is 0. The van der Waals surface area contributed by atoms with Crippen LogP contribution in [0.15, 0.2) is 268 Å². The van der Waals surface area contributed by atoms with Crippen LogP contribution in [0.2, 0.25) is 0 Å². The molecular formula is C150H196. The molecule has 10 aromatic carbocycles. The molecule has 0 saturated heterocycles. The van der Waals surface area contributed by atoms with Crippen molar-refractivity contribution >= 4 is 0 Å². The SMILES string of the molecule is C=CC1CCC(C2CCC(c3ccc(C)cc3)CC2)CC1.C=CCCC1CCC(C2CCC(c3ccc(C)cc3)CC2)CC1.CCCC1CCC(CCc2ccc(C#Cc3ccc(C)cc3)cc2)CC1.CCCC1CCC(c2ccc(C#Cc3ccc(CC)cc3)cc2)CC1.CCCCC1CCC(c2ccc(C#Cc3ccc(C)cc3)cc2)CC1.CCCCCc1ccc(C#Cc2ccc(CCC3CCC(CCC)CC3)cc2)cc1. The molecule has 10 aromatic rings. The van der Waals surface area contributed by atoms with Gasteiger partial charge in [-0.05, 0) is 463 Å². The molecule has 8 fully saturated rings. The van der Waals surface area contributed by atoms with Crippen LogP contribution in [0.25, 0.3) is 0 Å². The van der Waals surface area contributed by atoms with Crippen molar-refractivity contribution in [1.82, 2.24) is 0 Å². The summed E-state index contributed by atoms with van der Waals surface area (Å²) in [4.78, 5) is 0. The molecule has 8 aliphatic rings. The van der Waals surface area contributed by atoms with Gasteiger partial charge in [-0.2, -0.15) is 0 Å². The van der Waals surface area contributed by atoms with E-state index in [1.54, 1.807) is 11.1 Å². The maximum absolute atomic E-state index is 3.97. The van der Waals surface area contributed by atoms with E-state index in [9.17, 15) is 0 Å². The molecule has 0 nitrogen and oxygen atoms in total. The summed E-state index contributed by atoms with van der Waals surface area (Å²) < 4.78 is 0. The van der Waals surface area contributed by atoms with Crippen LogP contribution in [-0.2, 0) is 25.7 Å². The third-order valence-corrected chi connectivity index (χ3v) is 36.7. The molecule has 0 amide bonds. The zero-order valence-corrected chi connectivity index (χ0v) is 95.7. The molecule has 0 N–H and O–H groups in total. The highest BCUT2D eigenvalue weighted by atomic mass is 14.4. The molecule has 0 bridgehead atoms. The Balaban J connectivity index is 0.000000150. The predicted molar refractivity (Wildman–Crippen MR) is 651 cm³/mol. The van der Waals surface area contributed by atoms with Gasteiger partial charge in [-0.15, -0.1) is 13.2 Å². The van der Waals surface area contributed by atoms with Gasteiger partial charge in [0.05, 0.1) is 0 Å². The van der Waals surface area contributed by atoms with E-state index in [0.29, 0.717) is 0 Å². The summed E-state index contributed by atoms with van der Waals surface area (Å²) in [5.74, 6) is 41.3. The number of allylic oxidation sites excluding steroid dienone is 2. The third-order valence-electron chi connectivity index (χ3n) is 36.7. The van der Waals surface area contributed by atoms with Crippen LogP contribution in [0, 0.1) is 146 Å². The van der Waals surface area contributed by atoms with Gasteiger partial charge in [-0.1, -0.05) is 404 Å². The van der Waals surface area contributed by atoms with Gasteiger partial charge in [0, 0.05) is 44.5 Å². The first kappa shape index (κ1) is 117. The third kappa shape index (κ3) is 41.4. The smallest absolute Gasteiger partial charge is 0.0249 e. The first-order valence-electron chi connectivity index (χ1n) is 61.7. The van der Waals surface area contributed by atoms with Crippen molar-refractivity contribution in [2.75, 3.05) is 0 Å². The minimum atomic E-state index is 0.761. The number of hydrogen-bond acceptors (Lipinski definition) is 0. The van der Waals surface area contributed by atoms with Crippen LogP contribution in [0.5, 0.6) is 0 Å². The van der Waals surface area contributed by atoms with E-state index in [2.05, 4.69) is 385 Å². The Kier molecular flexibility index (Phi) is 51.6. The number of rotatable bonds is 30. The van der Waals surface area contributed by atoms with E-state index in [-0.39, 0.29) is 0 Å². The van der Waals surface area contributed by atoms with Gasteiger partial charge in [0.2, 0.25) is 0 Å². The summed E-state index contributed by atoms with van der Waals surface area (Å²) in [5.41, 5.74) is 26.0. The molecule has 8 saturated carbocycles. The molecule has 0 heteroatoms. The van der Waals surface area contributed by atoms with Crippen molar-refractivity contribution < 1.29 is 0 Å². The Hall–Kier alpha value is -10.1. The number of unbranched alkanes of at least 4 members (excludes halogenated alkanes) is 3. The van der Waals surface area contributed by atoms with E-state index in [1.807, 2.05) is 0 Å². The number of hydrogen-bond donors (Lipinski definition) is 0. The van der Waals surface area contributed by atoms with Crippen molar-refractivity contribution in [3.63, 3.8) is 0 Å². The second-order valence-electron chi connectivity index (χ2n) is 48.0. The largest absolute Gasteiger partial charge is 0.103 e. The van der Waals surface area contributed by atoms with Crippen LogP contribution in [0.1, 0.15) is 485 Å².